The molecule has 132 valence electrons. The zero-order valence-electron chi connectivity index (χ0n) is 14.7. The Morgan fingerprint density at radius 2 is 1.75 bits per heavy atom. The normalized spacial score (nSPS) is 12.8. The molecule has 0 aliphatic rings. The average Bonchev–Trinajstić information content (AvgIpc) is 2.87. The number of carbonyl (C=O) groups is 2. The van der Waals surface area contributed by atoms with Crippen LogP contribution in [0.3, 0.4) is 0 Å². The van der Waals surface area contributed by atoms with Gasteiger partial charge in [0.05, 0.1) is 12.5 Å². The van der Waals surface area contributed by atoms with E-state index in [0.29, 0.717) is 5.56 Å². The quantitative estimate of drug-likeness (QED) is 0.393. The van der Waals surface area contributed by atoms with Crippen molar-refractivity contribution in [1.29, 1.82) is 0 Å². The van der Waals surface area contributed by atoms with Crippen LogP contribution in [0.4, 0.5) is 4.79 Å². The smallest absolute Gasteiger partial charge is 0.420 e. The number of carbonyl (C=O) groups excluding carboxylic acids is 2. The second kappa shape index (κ2) is 7.31. The molecule has 0 spiro atoms. The van der Waals surface area contributed by atoms with Gasteiger partial charge in [-0.15, -0.1) is 0 Å². The van der Waals surface area contributed by atoms with Crippen molar-refractivity contribution in [3.05, 3.63) is 29.7 Å². The highest BCUT2D eigenvalue weighted by Gasteiger charge is 2.38. The number of amides is 1. The molecule has 1 N–H and O–H groups in total. The SMILES string of the molecule is CC(C)(C)OC(=O)N[C@@H](C(=[N+]=[N-])C(=O)OC(C)(C)C)c1ccoc1. The molecule has 0 aliphatic heterocycles. The highest BCUT2D eigenvalue weighted by atomic mass is 16.6. The molecule has 1 aromatic rings. The molecule has 0 unspecified atom stereocenters. The summed E-state index contributed by atoms with van der Waals surface area (Å²) in [5.74, 6) is -0.868. The molecule has 24 heavy (non-hydrogen) atoms. The maximum Gasteiger partial charge on any atom is 0.420 e. The van der Waals surface area contributed by atoms with E-state index in [1.165, 1.54) is 18.6 Å². The third kappa shape index (κ3) is 6.26. The first-order valence-electron chi connectivity index (χ1n) is 7.40. The van der Waals surface area contributed by atoms with Crippen LogP contribution in [0.1, 0.15) is 53.1 Å². The van der Waals surface area contributed by atoms with Gasteiger partial charge in [-0.05, 0) is 47.6 Å². The van der Waals surface area contributed by atoms with Gasteiger partial charge >= 0.3 is 17.8 Å². The van der Waals surface area contributed by atoms with Crippen LogP contribution in [0, 0.1) is 0 Å². The van der Waals surface area contributed by atoms with Crippen molar-refractivity contribution in [2.75, 3.05) is 0 Å². The number of nitrogens with one attached hydrogen (secondary N) is 1. The number of alkyl carbamates (subject to hydrolysis) is 1. The lowest BCUT2D eigenvalue weighted by molar-refractivity contribution is -0.151. The monoisotopic (exact) mass is 337 g/mol. The number of nitrogens with zero attached hydrogens (tertiary/aromatic N) is 2. The highest BCUT2D eigenvalue weighted by Crippen LogP contribution is 2.18. The summed E-state index contributed by atoms with van der Waals surface area (Å²) in [7, 11) is 0. The van der Waals surface area contributed by atoms with Crippen molar-refractivity contribution in [2.24, 2.45) is 0 Å². The van der Waals surface area contributed by atoms with E-state index < -0.39 is 35.0 Å². The minimum atomic E-state index is -1.08. The molecule has 1 aromatic heterocycles. The predicted octanol–water partition coefficient (Wildman–Crippen LogP) is 2.86. The van der Waals surface area contributed by atoms with E-state index in [9.17, 15) is 15.1 Å². The van der Waals surface area contributed by atoms with Gasteiger partial charge in [-0.3, -0.25) is 0 Å². The summed E-state index contributed by atoms with van der Waals surface area (Å²) >= 11 is 0. The first kappa shape index (κ1) is 19.4. The van der Waals surface area contributed by atoms with Gasteiger partial charge in [-0.2, -0.15) is 4.79 Å². The van der Waals surface area contributed by atoms with Crippen molar-refractivity contribution in [2.45, 2.75) is 58.8 Å². The zero-order valence-corrected chi connectivity index (χ0v) is 14.7. The van der Waals surface area contributed by atoms with Crippen LogP contribution in [0.15, 0.2) is 23.0 Å². The van der Waals surface area contributed by atoms with Crippen molar-refractivity contribution in [3.63, 3.8) is 0 Å². The second-order valence-electron chi connectivity index (χ2n) is 7.12. The molecule has 8 heteroatoms. The van der Waals surface area contributed by atoms with Gasteiger partial charge in [0, 0.05) is 5.56 Å². The molecule has 8 nitrogen and oxygen atoms in total. The number of furan rings is 1. The molecule has 1 amide bonds. The molecule has 1 heterocycles. The molecule has 0 saturated heterocycles. The largest absolute Gasteiger partial charge is 0.472 e. The fraction of sp³-hybridized carbons (Fsp3) is 0.562. The second-order valence-corrected chi connectivity index (χ2v) is 7.12. The van der Waals surface area contributed by atoms with E-state index in [0.717, 1.165) is 0 Å². The van der Waals surface area contributed by atoms with Gasteiger partial charge in [0.15, 0.2) is 6.04 Å². The third-order valence-electron chi connectivity index (χ3n) is 2.53. The van der Waals surface area contributed by atoms with Gasteiger partial charge in [0.25, 0.3) is 0 Å². The molecule has 0 aliphatic carbocycles. The maximum atomic E-state index is 12.3. The van der Waals surface area contributed by atoms with Gasteiger partial charge in [0.1, 0.15) is 11.2 Å². The van der Waals surface area contributed by atoms with Crippen molar-refractivity contribution >= 4 is 17.8 Å². The number of hydrogen-bond acceptors (Lipinski definition) is 5. The number of esters is 1. The summed E-state index contributed by atoms with van der Waals surface area (Å²) in [6.07, 6.45) is 1.90. The van der Waals surface area contributed by atoms with E-state index in [2.05, 4.69) is 10.1 Å². The number of rotatable bonds is 4. The van der Waals surface area contributed by atoms with Crippen LogP contribution in [0.5, 0.6) is 0 Å². The summed E-state index contributed by atoms with van der Waals surface area (Å²) in [4.78, 5) is 27.3. The van der Waals surface area contributed by atoms with Crippen LogP contribution < -0.4 is 5.32 Å². The van der Waals surface area contributed by atoms with Gasteiger partial charge in [-0.1, -0.05) is 0 Å². The van der Waals surface area contributed by atoms with E-state index in [4.69, 9.17) is 13.9 Å². The number of hydrogen-bond donors (Lipinski definition) is 1. The Labute approximate surface area is 140 Å². The molecule has 0 saturated carbocycles. The summed E-state index contributed by atoms with van der Waals surface area (Å²) in [6, 6.07) is 0.441. The minimum absolute atomic E-state index is 0.391. The topological polar surface area (TPSA) is 114 Å². The molecule has 0 radical (unpaired) electrons. The zero-order chi connectivity index (χ0) is 18.5. The molecule has 1 atom stereocenters. The van der Waals surface area contributed by atoms with E-state index >= 15 is 0 Å². The van der Waals surface area contributed by atoms with Gasteiger partial charge in [-0.25, -0.2) is 9.59 Å². The summed E-state index contributed by atoms with van der Waals surface area (Å²) in [5, 5.41) is 2.48. The Hall–Kier alpha value is -2.60. The van der Waals surface area contributed by atoms with Crippen LogP contribution in [-0.2, 0) is 14.3 Å². The van der Waals surface area contributed by atoms with Crippen LogP contribution in [0.2, 0.25) is 0 Å². The fourth-order valence-corrected chi connectivity index (χ4v) is 1.72. The summed E-state index contributed by atoms with van der Waals surface area (Å²) < 4.78 is 15.3. The third-order valence-corrected chi connectivity index (χ3v) is 2.53. The molecular weight excluding hydrogens is 314 g/mol. The van der Waals surface area contributed by atoms with E-state index in [1.54, 1.807) is 41.5 Å². The first-order chi connectivity index (χ1) is 10.9. The maximum absolute atomic E-state index is 12.3. The Morgan fingerprint density at radius 1 is 1.17 bits per heavy atom. The highest BCUT2D eigenvalue weighted by molar-refractivity contribution is 6.36. The standard InChI is InChI=1S/C16H23N3O5/c1-15(2,3)23-13(20)12(19-17)11(10-7-8-22-9-10)18-14(21)24-16(4,5)6/h7-9,11H,1-6H3,(H,18,21)/t11-/m1/s1. The number of ether oxygens (including phenoxy) is 2. The molecule has 1 rings (SSSR count). The lowest BCUT2D eigenvalue weighted by atomic mass is 10.1. The molecular formula is C16H23N3O5. The molecule has 0 bridgehead atoms. The molecule has 0 aromatic carbocycles. The van der Waals surface area contributed by atoms with E-state index in [-0.39, 0.29) is 0 Å². The van der Waals surface area contributed by atoms with Crippen molar-refractivity contribution < 1.29 is 28.3 Å². The first-order valence-corrected chi connectivity index (χ1v) is 7.40. The van der Waals surface area contributed by atoms with Crippen molar-refractivity contribution in [3.8, 4) is 0 Å². The Morgan fingerprint density at radius 3 is 2.17 bits per heavy atom. The van der Waals surface area contributed by atoms with Gasteiger partial charge in [0.2, 0.25) is 0 Å². The van der Waals surface area contributed by atoms with Crippen molar-refractivity contribution in [1.82, 2.24) is 5.32 Å². The minimum Gasteiger partial charge on any atom is -0.472 e. The van der Waals surface area contributed by atoms with Crippen LogP contribution in [-0.4, -0.2) is 33.8 Å². The average molecular weight is 337 g/mol. The Kier molecular flexibility index (Phi) is 5.93. The lowest BCUT2D eigenvalue weighted by Crippen LogP contribution is -2.42. The molecule has 0 fully saturated rings. The predicted molar refractivity (Wildman–Crippen MR) is 85.3 cm³/mol. The fourth-order valence-electron chi connectivity index (χ4n) is 1.72. The van der Waals surface area contributed by atoms with E-state index in [1.807, 2.05) is 0 Å². The van der Waals surface area contributed by atoms with Crippen LogP contribution >= 0.6 is 0 Å². The van der Waals surface area contributed by atoms with Gasteiger partial charge < -0.3 is 24.7 Å². The lowest BCUT2D eigenvalue weighted by Gasteiger charge is -2.22. The summed E-state index contributed by atoms with van der Waals surface area (Å²) in [6.45, 7) is 10.1. The Bertz CT molecular complexity index is 632. The summed E-state index contributed by atoms with van der Waals surface area (Å²) in [5.41, 5.74) is 7.76. The Balaban J connectivity index is 3.08. The van der Waals surface area contributed by atoms with Crippen LogP contribution in [0.25, 0.3) is 5.53 Å².